The van der Waals surface area contributed by atoms with Gasteiger partial charge in [-0.3, -0.25) is 4.57 Å². The molecule has 0 unspecified atom stereocenters. The molecular formula is C58H36N6O. The van der Waals surface area contributed by atoms with Crippen molar-refractivity contribution in [2.24, 2.45) is 0 Å². The zero-order valence-electron chi connectivity index (χ0n) is 34.9. The quantitative estimate of drug-likeness (QED) is 0.160. The zero-order valence-corrected chi connectivity index (χ0v) is 34.9. The molecule has 0 fully saturated rings. The van der Waals surface area contributed by atoms with Gasteiger partial charge in [0.05, 0.1) is 27.8 Å². The van der Waals surface area contributed by atoms with Crippen LogP contribution >= 0.6 is 0 Å². The molecule has 13 rings (SSSR count). The lowest BCUT2D eigenvalue weighted by Crippen LogP contribution is -2.07. The summed E-state index contributed by atoms with van der Waals surface area (Å²) in [4.78, 5) is 21.2. The molecule has 0 saturated carbocycles. The normalized spacial score (nSPS) is 11.7. The predicted octanol–water partition coefficient (Wildman–Crippen LogP) is 14.5. The maximum Gasteiger partial charge on any atom is 0.238 e. The summed E-state index contributed by atoms with van der Waals surface area (Å²) in [7, 11) is 0. The number of hydrogen-bond acceptors (Lipinski definition) is 5. The van der Waals surface area contributed by atoms with Gasteiger partial charge in [0.25, 0.3) is 0 Å². The van der Waals surface area contributed by atoms with Crippen LogP contribution in [-0.4, -0.2) is 29.1 Å². The lowest BCUT2D eigenvalue weighted by molar-refractivity contribution is 0.618. The van der Waals surface area contributed by atoms with Gasteiger partial charge in [-0.1, -0.05) is 170 Å². The summed E-state index contributed by atoms with van der Waals surface area (Å²) >= 11 is 0. The van der Waals surface area contributed by atoms with E-state index in [1.54, 1.807) is 0 Å². The third kappa shape index (κ3) is 5.98. The molecule has 0 amide bonds. The van der Waals surface area contributed by atoms with Crippen LogP contribution in [0.4, 0.5) is 0 Å². The summed E-state index contributed by atoms with van der Waals surface area (Å²) in [6, 6.07) is 75.6. The highest BCUT2D eigenvalue weighted by molar-refractivity contribution is 6.24. The van der Waals surface area contributed by atoms with E-state index in [0.29, 0.717) is 29.1 Å². The standard InChI is InChI=1S/C58H36N6O/c1-5-18-37(19-6-1)41-32-33-46(47(36-41)38-20-7-2-8-21-38)56-60-55(39-22-9-3-10-23-39)61-58(62-56)64-50-30-16-14-27-43(50)45-35-34-44-42-26-13-15-29-49(42)63(52(44)53(45)64)51-31-17-28-48-54(51)65-57(59-48)40-24-11-4-12-25-40/h1-36H. The van der Waals surface area contributed by atoms with Crippen molar-refractivity contribution in [2.45, 2.75) is 0 Å². The van der Waals surface area contributed by atoms with Crippen LogP contribution in [0.3, 0.4) is 0 Å². The number of benzene rings is 9. The van der Waals surface area contributed by atoms with Gasteiger partial charge in [0, 0.05) is 38.2 Å². The molecule has 65 heavy (non-hydrogen) atoms. The minimum atomic E-state index is 0.514. The van der Waals surface area contributed by atoms with E-state index < -0.39 is 0 Å². The third-order valence-electron chi connectivity index (χ3n) is 12.4. The number of nitrogens with zero attached hydrogens (tertiary/aromatic N) is 6. The SMILES string of the molecule is c1ccc(-c2ccc(-c3nc(-c4ccccc4)nc(-n4c5ccccc5c5ccc6c7ccccc7n(-c7cccc8nc(-c9ccccc9)oc78)c6c54)n3)c(-c3ccccc3)c2)cc1. The number of oxazole rings is 1. The number of fused-ring (bicyclic) bond motifs is 8. The van der Waals surface area contributed by atoms with E-state index >= 15 is 0 Å². The van der Waals surface area contributed by atoms with E-state index in [-0.39, 0.29) is 0 Å². The molecule has 7 nitrogen and oxygen atoms in total. The maximum atomic E-state index is 6.73. The fourth-order valence-electron chi connectivity index (χ4n) is 9.48. The first-order chi connectivity index (χ1) is 32.2. The summed E-state index contributed by atoms with van der Waals surface area (Å²) in [5.41, 5.74) is 13.4. The second-order valence-corrected chi connectivity index (χ2v) is 16.2. The van der Waals surface area contributed by atoms with Crippen molar-refractivity contribution >= 4 is 54.7 Å². The zero-order chi connectivity index (χ0) is 42.8. The highest BCUT2D eigenvalue weighted by Gasteiger charge is 2.25. The Labute approximate surface area is 373 Å². The van der Waals surface area contributed by atoms with Crippen molar-refractivity contribution in [2.75, 3.05) is 0 Å². The first-order valence-electron chi connectivity index (χ1n) is 21.7. The molecule has 0 bridgehead atoms. The van der Waals surface area contributed by atoms with Crippen LogP contribution in [0.25, 0.3) is 123 Å². The van der Waals surface area contributed by atoms with Crippen LogP contribution in [0.15, 0.2) is 223 Å². The van der Waals surface area contributed by atoms with Gasteiger partial charge in [-0.05, 0) is 70.8 Å². The van der Waals surface area contributed by atoms with Gasteiger partial charge in [0.1, 0.15) is 5.52 Å². The van der Waals surface area contributed by atoms with Crippen molar-refractivity contribution in [1.29, 1.82) is 0 Å². The van der Waals surface area contributed by atoms with Gasteiger partial charge in [0.15, 0.2) is 17.2 Å². The summed E-state index contributed by atoms with van der Waals surface area (Å²) in [6.45, 7) is 0. The smallest absolute Gasteiger partial charge is 0.238 e. The van der Waals surface area contributed by atoms with E-state index in [1.807, 2.05) is 66.7 Å². The molecule has 0 atom stereocenters. The summed E-state index contributed by atoms with van der Waals surface area (Å²) in [6.07, 6.45) is 0. The van der Waals surface area contributed by atoms with Crippen molar-refractivity contribution in [1.82, 2.24) is 29.1 Å². The van der Waals surface area contributed by atoms with E-state index in [0.717, 1.165) is 93.8 Å². The lowest BCUT2D eigenvalue weighted by atomic mass is 9.94. The molecule has 0 radical (unpaired) electrons. The monoisotopic (exact) mass is 832 g/mol. The van der Waals surface area contributed by atoms with Crippen molar-refractivity contribution in [3.05, 3.63) is 218 Å². The number of rotatable bonds is 7. The second kappa shape index (κ2) is 14.9. The highest BCUT2D eigenvalue weighted by Crippen LogP contribution is 2.43. The van der Waals surface area contributed by atoms with Gasteiger partial charge >= 0.3 is 0 Å². The maximum absolute atomic E-state index is 6.73. The van der Waals surface area contributed by atoms with Crippen LogP contribution in [0, 0.1) is 0 Å². The van der Waals surface area contributed by atoms with Gasteiger partial charge in [0.2, 0.25) is 11.8 Å². The molecule has 0 saturated heterocycles. The average Bonchev–Trinajstić information content (AvgIpc) is 4.08. The van der Waals surface area contributed by atoms with Crippen LogP contribution in [0.5, 0.6) is 0 Å². The number of para-hydroxylation sites is 3. The molecule has 13 aromatic rings. The van der Waals surface area contributed by atoms with E-state index in [1.165, 1.54) is 0 Å². The van der Waals surface area contributed by atoms with Crippen LogP contribution in [-0.2, 0) is 0 Å². The molecule has 0 aliphatic rings. The fraction of sp³-hybridized carbons (Fsp3) is 0. The Hall–Kier alpha value is -8.94. The van der Waals surface area contributed by atoms with Crippen molar-refractivity contribution < 1.29 is 4.42 Å². The minimum absolute atomic E-state index is 0.514. The van der Waals surface area contributed by atoms with Crippen LogP contribution in [0.2, 0.25) is 0 Å². The molecule has 0 aliphatic carbocycles. The Balaban J connectivity index is 1.14. The molecule has 9 aromatic carbocycles. The Morgan fingerprint density at radius 2 is 0.892 bits per heavy atom. The van der Waals surface area contributed by atoms with Gasteiger partial charge in [-0.25, -0.2) is 9.97 Å². The Kier molecular flexibility index (Phi) is 8.39. The van der Waals surface area contributed by atoms with Crippen LogP contribution in [0.1, 0.15) is 0 Å². The van der Waals surface area contributed by atoms with Crippen molar-refractivity contribution in [3.63, 3.8) is 0 Å². The second-order valence-electron chi connectivity index (χ2n) is 16.2. The molecule has 0 aliphatic heterocycles. The van der Waals surface area contributed by atoms with E-state index in [2.05, 4.69) is 161 Å². The summed E-state index contributed by atoms with van der Waals surface area (Å²) in [5, 5.41) is 4.38. The van der Waals surface area contributed by atoms with Crippen LogP contribution < -0.4 is 0 Å². The molecule has 0 N–H and O–H groups in total. The molecule has 0 spiro atoms. The largest absolute Gasteiger partial charge is 0.434 e. The van der Waals surface area contributed by atoms with E-state index in [4.69, 9.17) is 24.4 Å². The molecule has 304 valence electrons. The molecular weight excluding hydrogens is 797 g/mol. The summed E-state index contributed by atoms with van der Waals surface area (Å²) in [5.74, 6) is 2.24. The van der Waals surface area contributed by atoms with E-state index in [9.17, 15) is 0 Å². The first-order valence-corrected chi connectivity index (χ1v) is 21.7. The predicted molar refractivity (Wildman–Crippen MR) is 263 cm³/mol. The van der Waals surface area contributed by atoms with Gasteiger partial charge in [-0.2, -0.15) is 9.97 Å². The Morgan fingerprint density at radius 1 is 0.338 bits per heavy atom. The average molecular weight is 833 g/mol. The molecule has 7 heteroatoms. The third-order valence-corrected chi connectivity index (χ3v) is 12.4. The minimum Gasteiger partial charge on any atom is -0.434 e. The topological polar surface area (TPSA) is 74.6 Å². The summed E-state index contributed by atoms with van der Waals surface area (Å²) < 4.78 is 11.3. The number of aromatic nitrogens is 6. The van der Waals surface area contributed by atoms with Gasteiger partial charge < -0.3 is 8.98 Å². The fourth-order valence-corrected chi connectivity index (χ4v) is 9.48. The van der Waals surface area contributed by atoms with Crippen molar-refractivity contribution in [3.8, 4) is 68.1 Å². The first kappa shape index (κ1) is 36.7. The Bertz CT molecular complexity index is 3930. The molecule has 4 aromatic heterocycles. The number of hydrogen-bond donors (Lipinski definition) is 0. The molecule has 4 heterocycles. The van der Waals surface area contributed by atoms with Gasteiger partial charge in [-0.15, -0.1) is 0 Å². The Morgan fingerprint density at radius 3 is 1.57 bits per heavy atom. The lowest BCUT2D eigenvalue weighted by Gasteiger charge is -2.15. The highest BCUT2D eigenvalue weighted by atomic mass is 16.3.